The minimum atomic E-state index is 0.493. The van der Waals surface area contributed by atoms with Gasteiger partial charge < -0.3 is 15.0 Å². The lowest BCUT2D eigenvalue weighted by molar-refractivity contribution is 0.267. The number of benzene rings is 1. The predicted molar refractivity (Wildman–Crippen MR) is 82.0 cm³/mol. The number of ether oxygens (including phenoxy) is 1. The van der Waals surface area contributed by atoms with Gasteiger partial charge in [-0.1, -0.05) is 26.2 Å². The van der Waals surface area contributed by atoms with E-state index in [1.165, 1.54) is 32.1 Å². The van der Waals surface area contributed by atoms with Crippen LogP contribution in [0.5, 0.6) is 5.75 Å². The van der Waals surface area contributed by atoms with Gasteiger partial charge in [0.05, 0.1) is 18.1 Å². The van der Waals surface area contributed by atoms with Gasteiger partial charge in [0.25, 0.3) is 0 Å². The zero-order valence-electron chi connectivity index (χ0n) is 12.3. The number of aromatic nitrogens is 2. The lowest BCUT2D eigenvalue weighted by Crippen LogP contribution is -2.20. The van der Waals surface area contributed by atoms with Crippen LogP contribution in [0.25, 0.3) is 11.0 Å². The van der Waals surface area contributed by atoms with Crippen LogP contribution in [-0.2, 0) is 0 Å². The summed E-state index contributed by atoms with van der Waals surface area (Å²) in [5.41, 5.74) is 8.23. The highest BCUT2D eigenvalue weighted by molar-refractivity contribution is 5.80. The maximum Gasteiger partial charge on any atom is 0.201 e. The minimum Gasteiger partial charge on any atom is -0.497 e. The lowest BCUT2D eigenvalue weighted by Gasteiger charge is -2.30. The van der Waals surface area contributed by atoms with Crippen LogP contribution in [0.4, 0.5) is 5.95 Å². The summed E-state index contributed by atoms with van der Waals surface area (Å²) in [6.07, 6.45) is 6.33. The number of rotatable bonds is 3. The molecule has 1 aliphatic carbocycles. The number of anilines is 1. The van der Waals surface area contributed by atoms with E-state index in [2.05, 4.69) is 22.5 Å². The molecular weight excluding hydrogens is 250 g/mol. The van der Waals surface area contributed by atoms with Crippen molar-refractivity contribution in [3.8, 4) is 5.75 Å². The normalized spacial score (nSPS) is 23.1. The molecule has 4 nitrogen and oxygen atoms in total. The van der Waals surface area contributed by atoms with E-state index in [4.69, 9.17) is 10.5 Å². The van der Waals surface area contributed by atoms with E-state index in [0.717, 1.165) is 22.7 Å². The molecule has 1 saturated carbocycles. The fourth-order valence-corrected chi connectivity index (χ4v) is 3.48. The number of fused-ring (bicyclic) bond motifs is 1. The molecule has 2 atom stereocenters. The summed E-state index contributed by atoms with van der Waals surface area (Å²) in [5, 5.41) is 0. The first-order valence-corrected chi connectivity index (χ1v) is 7.54. The SMILES string of the molecule is CCC1CCCC(n2c(N)nc3cc(OC)ccc32)C1. The van der Waals surface area contributed by atoms with Crippen molar-refractivity contribution in [3.63, 3.8) is 0 Å². The van der Waals surface area contributed by atoms with Gasteiger partial charge in [-0.15, -0.1) is 0 Å². The van der Waals surface area contributed by atoms with Crippen LogP contribution in [0.15, 0.2) is 18.2 Å². The van der Waals surface area contributed by atoms with Crippen LogP contribution >= 0.6 is 0 Å². The van der Waals surface area contributed by atoms with Gasteiger partial charge >= 0.3 is 0 Å². The highest BCUT2D eigenvalue weighted by Crippen LogP contribution is 2.37. The first-order chi connectivity index (χ1) is 9.72. The Bertz CT molecular complexity index is 605. The molecule has 0 saturated heterocycles. The maximum atomic E-state index is 6.17. The summed E-state index contributed by atoms with van der Waals surface area (Å²) >= 11 is 0. The van der Waals surface area contributed by atoms with E-state index < -0.39 is 0 Å². The molecule has 2 unspecified atom stereocenters. The topological polar surface area (TPSA) is 53.1 Å². The summed E-state index contributed by atoms with van der Waals surface area (Å²) in [6.45, 7) is 2.29. The zero-order chi connectivity index (χ0) is 14.1. The highest BCUT2D eigenvalue weighted by atomic mass is 16.5. The fraction of sp³-hybridized carbons (Fsp3) is 0.562. The lowest BCUT2D eigenvalue weighted by atomic mass is 9.84. The van der Waals surface area contributed by atoms with Crippen LogP contribution in [0.2, 0.25) is 0 Å². The van der Waals surface area contributed by atoms with Crippen molar-refractivity contribution in [1.29, 1.82) is 0 Å². The molecule has 0 spiro atoms. The number of methoxy groups -OCH3 is 1. The van der Waals surface area contributed by atoms with Gasteiger partial charge in [-0.3, -0.25) is 0 Å². The largest absolute Gasteiger partial charge is 0.497 e. The molecule has 1 aromatic heterocycles. The van der Waals surface area contributed by atoms with Gasteiger partial charge in [-0.2, -0.15) is 0 Å². The molecule has 1 aliphatic rings. The second-order valence-electron chi connectivity index (χ2n) is 5.79. The van der Waals surface area contributed by atoms with Crippen molar-refractivity contribution in [2.24, 2.45) is 5.92 Å². The molecule has 4 heteroatoms. The molecule has 0 bridgehead atoms. The number of hydrogen-bond donors (Lipinski definition) is 1. The molecule has 2 aromatic rings. The smallest absolute Gasteiger partial charge is 0.201 e. The first-order valence-electron chi connectivity index (χ1n) is 7.54. The number of nitrogens with zero attached hydrogens (tertiary/aromatic N) is 2. The van der Waals surface area contributed by atoms with Crippen LogP contribution in [0.3, 0.4) is 0 Å². The molecule has 1 aromatic carbocycles. The number of nitrogens with two attached hydrogens (primary N) is 1. The molecule has 20 heavy (non-hydrogen) atoms. The Morgan fingerprint density at radius 3 is 3.00 bits per heavy atom. The van der Waals surface area contributed by atoms with E-state index in [9.17, 15) is 0 Å². The van der Waals surface area contributed by atoms with E-state index in [1.807, 2.05) is 12.1 Å². The monoisotopic (exact) mass is 273 g/mol. The van der Waals surface area contributed by atoms with Crippen molar-refractivity contribution in [2.75, 3.05) is 12.8 Å². The molecule has 0 aliphatic heterocycles. The molecule has 0 amide bonds. The Hall–Kier alpha value is -1.71. The third kappa shape index (κ3) is 2.23. The van der Waals surface area contributed by atoms with Gasteiger partial charge in [-0.25, -0.2) is 4.98 Å². The molecule has 1 heterocycles. The third-order valence-electron chi connectivity index (χ3n) is 4.62. The van der Waals surface area contributed by atoms with Crippen molar-refractivity contribution >= 4 is 17.0 Å². The predicted octanol–water partition coefficient (Wildman–Crippen LogP) is 3.77. The van der Waals surface area contributed by atoms with Gasteiger partial charge in [0.15, 0.2) is 0 Å². The Morgan fingerprint density at radius 2 is 2.25 bits per heavy atom. The number of nitrogen functional groups attached to an aromatic ring is 1. The second kappa shape index (κ2) is 5.35. The highest BCUT2D eigenvalue weighted by Gasteiger charge is 2.25. The van der Waals surface area contributed by atoms with E-state index in [-0.39, 0.29) is 0 Å². The Kier molecular flexibility index (Phi) is 3.55. The molecular formula is C16H23N3O. The van der Waals surface area contributed by atoms with Crippen molar-refractivity contribution in [2.45, 2.75) is 45.1 Å². The average Bonchev–Trinajstić information content (AvgIpc) is 2.82. The fourth-order valence-electron chi connectivity index (χ4n) is 3.48. The summed E-state index contributed by atoms with van der Waals surface area (Å²) in [4.78, 5) is 4.51. The van der Waals surface area contributed by atoms with Gasteiger partial charge in [0.2, 0.25) is 5.95 Å². The van der Waals surface area contributed by atoms with Crippen LogP contribution in [-0.4, -0.2) is 16.7 Å². The van der Waals surface area contributed by atoms with Crippen molar-refractivity contribution < 1.29 is 4.74 Å². The van der Waals surface area contributed by atoms with Crippen LogP contribution < -0.4 is 10.5 Å². The van der Waals surface area contributed by atoms with Crippen molar-refractivity contribution in [3.05, 3.63) is 18.2 Å². The van der Waals surface area contributed by atoms with Gasteiger partial charge in [-0.05, 0) is 30.9 Å². The summed E-state index contributed by atoms with van der Waals surface area (Å²) < 4.78 is 7.49. The molecule has 0 radical (unpaired) electrons. The number of hydrogen-bond acceptors (Lipinski definition) is 3. The van der Waals surface area contributed by atoms with E-state index in [1.54, 1.807) is 7.11 Å². The Balaban J connectivity index is 2.00. The Morgan fingerprint density at radius 1 is 1.40 bits per heavy atom. The van der Waals surface area contributed by atoms with Crippen LogP contribution in [0, 0.1) is 5.92 Å². The third-order valence-corrected chi connectivity index (χ3v) is 4.62. The molecule has 3 rings (SSSR count). The summed E-state index contributed by atoms with van der Waals surface area (Å²) in [6, 6.07) is 6.52. The Labute approximate surface area is 119 Å². The second-order valence-corrected chi connectivity index (χ2v) is 5.79. The summed E-state index contributed by atoms with van der Waals surface area (Å²) in [7, 11) is 1.68. The molecule has 108 valence electrons. The molecule has 1 fully saturated rings. The van der Waals surface area contributed by atoms with Crippen LogP contribution in [0.1, 0.15) is 45.1 Å². The molecule has 2 N–H and O–H groups in total. The standard InChI is InChI=1S/C16H23N3O/c1-3-11-5-4-6-12(9-11)19-15-8-7-13(20-2)10-14(15)18-16(19)17/h7-8,10-12H,3-6,9H2,1-2H3,(H2,17,18). The van der Waals surface area contributed by atoms with Gasteiger partial charge in [0, 0.05) is 12.1 Å². The average molecular weight is 273 g/mol. The van der Waals surface area contributed by atoms with E-state index >= 15 is 0 Å². The minimum absolute atomic E-state index is 0.493. The summed E-state index contributed by atoms with van der Waals surface area (Å²) in [5.74, 6) is 2.29. The zero-order valence-corrected chi connectivity index (χ0v) is 12.3. The van der Waals surface area contributed by atoms with Gasteiger partial charge in [0.1, 0.15) is 5.75 Å². The first kappa shape index (κ1) is 13.3. The quantitative estimate of drug-likeness (QED) is 0.926. The maximum absolute atomic E-state index is 6.17. The van der Waals surface area contributed by atoms with E-state index in [0.29, 0.717) is 12.0 Å². The van der Waals surface area contributed by atoms with Crippen molar-refractivity contribution in [1.82, 2.24) is 9.55 Å². The number of imidazole rings is 1.